The summed E-state index contributed by atoms with van der Waals surface area (Å²) in [6, 6.07) is 1.51. The van der Waals surface area contributed by atoms with Crippen LogP contribution in [-0.2, 0) is 6.42 Å². The first-order valence-corrected chi connectivity index (χ1v) is 6.38. The van der Waals surface area contributed by atoms with E-state index in [1.807, 2.05) is 6.92 Å². The van der Waals surface area contributed by atoms with Gasteiger partial charge >= 0.3 is 0 Å². The van der Waals surface area contributed by atoms with Gasteiger partial charge in [-0.25, -0.2) is 4.98 Å². The van der Waals surface area contributed by atoms with Crippen molar-refractivity contribution in [2.45, 2.75) is 26.2 Å². The van der Waals surface area contributed by atoms with Crippen molar-refractivity contribution >= 4 is 5.78 Å². The minimum atomic E-state index is -0.0958. The lowest BCUT2D eigenvalue weighted by Gasteiger charge is -2.21. The molecule has 3 rings (SSSR count). The lowest BCUT2D eigenvalue weighted by atomic mass is 9.94. The number of rotatable bonds is 2. The van der Waals surface area contributed by atoms with E-state index < -0.39 is 0 Å². The van der Waals surface area contributed by atoms with Crippen LogP contribution in [0.15, 0.2) is 10.9 Å². The summed E-state index contributed by atoms with van der Waals surface area (Å²) in [5, 5.41) is 6.39. The minimum Gasteiger partial charge on any atom is -0.317 e. The largest absolute Gasteiger partial charge is 0.317 e. The fraction of sp³-hybridized carbons (Fsp3) is 0.583. The van der Waals surface area contributed by atoms with E-state index in [1.165, 1.54) is 23.4 Å². The van der Waals surface area contributed by atoms with Crippen LogP contribution < -0.4 is 10.9 Å². The number of hydrogen-bond acceptors (Lipinski definition) is 4. The van der Waals surface area contributed by atoms with Crippen LogP contribution >= 0.6 is 0 Å². The molecular formula is C12H17N5O. The van der Waals surface area contributed by atoms with Gasteiger partial charge in [-0.1, -0.05) is 0 Å². The maximum Gasteiger partial charge on any atom is 0.274 e. The topological polar surface area (TPSA) is 75.1 Å². The van der Waals surface area contributed by atoms with Gasteiger partial charge in [0.1, 0.15) is 5.82 Å². The molecule has 1 aliphatic rings. The molecule has 1 fully saturated rings. The van der Waals surface area contributed by atoms with Crippen LogP contribution in [-0.4, -0.2) is 32.7 Å². The van der Waals surface area contributed by atoms with Crippen molar-refractivity contribution in [1.29, 1.82) is 0 Å². The number of aromatic amines is 1. The molecule has 3 heterocycles. The second-order valence-corrected chi connectivity index (χ2v) is 4.94. The van der Waals surface area contributed by atoms with Gasteiger partial charge in [-0.05, 0) is 38.8 Å². The Morgan fingerprint density at radius 1 is 1.39 bits per heavy atom. The van der Waals surface area contributed by atoms with E-state index in [-0.39, 0.29) is 5.56 Å². The maximum atomic E-state index is 11.7. The average molecular weight is 247 g/mol. The van der Waals surface area contributed by atoms with Crippen molar-refractivity contribution in [3.05, 3.63) is 27.9 Å². The number of nitrogens with zero attached hydrogens (tertiary/aromatic N) is 3. The molecule has 96 valence electrons. The van der Waals surface area contributed by atoms with Crippen LogP contribution in [0.4, 0.5) is 0 Å². The van der Waals surface area contributed by atoms with E-state index in [4.69, 9.17) is 0 Å². The summed E-state index contributed by atoms with van der Waals surface area (Å²) in [5.41, 5.74) is 0.612. The number of hydrogen-bond donors (Lipinski definition) is 2. The molecule has 0 radical (unpaired) electrons. The summed E-state index contributed by atoms with van der Waals surface area (Å²) >= 11 is 0. The third-order valence-corrected chi connectivity index (χ3v) is 3.45. The van der Waals surface area contributed by atoms with Crippen LogP contribution in [0.25, 0.3) is 5.78 Å². The van der Waals surface area contributed by atoms with Gasteiger partial charge in [0.15, 0.2) is 0 Å². The molecule has 6 heteroatoms. The normalized spacial score (nSPS) is 17.4. The number of H-pyrrole nitrogens is 1. The van der Waals surface area contributed by atoms with Crippen molar-refractivity contribution in [3.63, 3.8) is 0 Å². The predicted molar refractivity (Wildman–Crippen MR) is 67.6 cm³/mol. The van der Waals surface area contributed by atoms with Gasteiger partial charge in [0.25, 0.3) is 11.3 Å². The SMILES string of the molecule is Cc1cc(=O)n2[nH]c(CC3CCNCC3)nc2n1. The quantitative estimate of drug-likeness (QED) is 0.798. The number of piperidine rings is 1. The molecule has 0 atom stereocenters. The van der Waals surface area contributed by atoms with Gasteiger partial charge in [0.2, 0.25) is 0 Å². The predicted octanol–water partition coefficient (Wildman–Crippen LogP) is 0.268. The molecule has 1 aliphatic heterocycles. The first-order chi connectivity index (χ1) is 8.72. The monoisotopic (exact) mass is 247 g/mol. The molecule has 6 nitrogen and oxygen atoms in total. The summed E-state index contributed by atoms with van der Waals surface area (Å²) in [6.07, 6.45) is 3.22. The Balaban J connectivity index is 1.88. The Hall–Kier alpha value is -1.69. The molecule has 2 aromatic rings. The number of aryl methyl sites for hydroxylation is 1. The van der Waals surface area contributed by atoms with Crippen molar-refractivity contribution in [1.82, 2.24) is 24.9 Å². The Kier molecular flexibility index (Phi) is 2.87. The highest BCUT2D eigenvalue weighted by Crippen LogP contribution is 2.15. The van der Waals surface area contributed by atoms with Gasteiger partial charge in [-0.3, -0.25) is 9.89 Å². The molecule has 0 aromatic carbocycles. The van der Waals surface area contributed by atoms with Crippen molar-refractivity contribution in [2.24, 2.45) is 5.92 Å². The van der Waals surface area contributed by atoms with Gasteiger partial charge in [-0.2, -0.15) is 9.50 Å². The third-order valence-electron chi connectivity index (χ3n) is 3.45. The Bertz CT molecular complexity index is 608. The molecule has 2 aromatic heterocycles. The molecule has 0 bridgehead atoms. The zero-order valence-electron chi connectivity index (χ0n) is 10.4. The molecule has 0 unspecified atom stereocenters. The van der Waals surface area contributed by atoms with Crippen LogP contribution in [0, 0.1) is 12.8 Å². The Morgan fingerprint density at radius 3 is 2.94 bits per heavy atom. The second kappa shape index (κ2) is 4.53. The standard InChI is InChI=1S/C12H17N5O/c1-8-6-11(18)17-12(14-8)15-10(16-17)7-9-2-4-13-5-3-9/h6,9,13H,2-5,7H2,1H3,(H,14,15,16). The molecule has 0 amide bonds. The number of nitrogens with one attached hydrogen (secondary N) is 2. The highest BCUT2D eigenvalue weighted by Gasteiger charge is 2.16. The molecule has 0 saturated carbocycles. The Labute approximate surface area is 104 Å². The zero-order valence-corrected chi connectivity index (χ0v) is 10.4. The van der Waals surface area contributed by atoms with Crippen LogP contribution in [0.2, 0.25) is 0 Å². The Morgan fingerprint density at radius 2 is 2.17 bits per heavy atom. The fourth-order valence-electron chi connectivity index (χ4n) is 2.49. The van der Waals surface area contributed by atoms with Crippen molar-refractivity contribution in [3.8, 4) is 0 Å². The molecule has 1 saturated heterocycles. The van der Waals surface area contributed by atoms with Crippen LogP contribution in [0.1, 0.15) is 24.4 Å². The van der Waals surface area contributed by atoms with Crippen LogP contribution in [0.3, 0.4) is 0 Å². The summed E-state index contributed by atoms with van der Waals surface area (Å²) < 4.78 is 1.42. The first kappa shape index (κ1) is 11.4. The summed E-state index contributed by atoms with van der Waals surface area (Å²) in [6.45, 7) is 3.95. The van der Waals surface area contributed by atoms with Crippen LogP contribution in [0.5, 0.6) is 0 Å². The van der Waals surface area contributed by atoms with E-state index in [9.17, 15) is 4.79 Å². The maximum absolute atomic E-state index is 11.7. The van der Waals surface area contributed by atoms with Gasteiger partial charge in [-0.15, -0.1) is 0 Å². The summed E-state index contributed by atoms with van der Waals surface area (Å²) in [5.74, 6) is 1.98. The van der Waals surface area contributed by atoms with Gasteiger partial charge in [0.05, 0.1) is 0 Å². The number of fused-ring (bicyclic) bond motifs is 1. The fourth-order valence-corrected chi connectivity index (χ4v) is 2.49. The van der Waals surface area contributed by atoms with E-state index in [0.717, 1.165) is 25.3 Å². The molecular weight excluding hydrogens is 230 g/mol. The first-order valence-electron chi connectivity index (χ1n) is 6.38. The summed E-state index contributed by atoms with van der Waals surface area (Å²) in [7, 11) is 0. The van der Waals surface area contributed by atoms with Crippen molar-refractivity contribution < 1.29 is 0 Å². The molecule has 0 spiro atoms. The van der Waals surface area contributed by atoms with E-state index in [2.05, 4.69) is 20.4 Å². The average Bonchev–Trinajstić information content (AvgIpc) is 2.73. The van der Waals surface area contributed by atoms with Crippen molar-refractivity contribution in [2.75, 3.05) is 13.1 Å². The smallest absolute Gasteiger partial charge is 0.274 e. The third kappa shape index (κ3) is 2.15. The lowest BCUT2D eigenvalue weighted by molar-refractivity contribution is 0.367. The number of aromatic nitrogens is 4. The molecule has 18 heavy (non-hydrogen) atoms. The van der Waals surface area contributed by atoms with Gasteiger partial charge in [0, 0.05) is 18.2 Å². The highest BCUT2D eigenvalue weighted by molar-refractivity contribution is 5.27. The minimum absolute atomic E-state index is 0.0958. The second-order valence-electron chi connectivity index (χ2n) is 4.94. The zero-order chi connectivity index (χ0) is 12.5. The van der Waals surface area contributed by atoms with E-state index in [0.29, 0.717) is 17.4 Å². The van der Waals surface area contributed by atoms with Gasteiger partial charge < -0.3 is 5.32 Å². The van der Waals surface area contributed by atoms with E-state index >= 15 is 0 Å². The highest BCUT2D eigenvalue weighted by atomic mass is 16.1. The summed E-state index contributed by atoms with van der Waals surface area (Å²) in [4.78, 5) is 20.4. The molecule has 0 aliphatic carbocycles. The lowest BCUT2D eigenvalue weighted by Crippen LogP contribution is -2.28. The molecule has 2 N–H and O–H groups in total. The van der Waals surface area contributed by atoms with E-state index in [1.54, 1.807) is 0 Å².